The molecule has 2 saturated carbocycles. The van der Waals surface area contributed by atoms with Gasteiger partial charge in [-0.15, -0.1) is 0 Å². The number of aliphatic hydroxyl groups is 1. The quantitative estimate of drug-likeness (QED) is 0.254. The molecule has 1 spiro atoms. The first-order valence-corrected chi connectivity index (χ1v) is 19.1. The van der Waals surface area contributed by atoms with Crippen molar-refractivity contribution in [2.45, 2.75) is 106 Å². The molecule has 2 heterocycles. The molecule has 232 valence electrons. The third-order valence-electron chi connectivity index (χ3n) is 10.7. The molecular weight excluding hydrogens is 563 g/mol. The van der Waals surface area contributed by atoms with Crippen LogP contribution in [0.5, 0.6) is 0 Å². The van der Waals surface area contributed by atoms with Crippen LogP contribution in [0.1, 0.15) is 55.2 Å². The lowest BCUT2D eigenvalue weighted by Crippen LogP contribution is -2.76. The summed E-state index contributed by atoms with van der Waals surface area (Å²) in [6.45, 7) is 8.61. The minimum atomic E-state index is -4.68. The number of urea groups is 1. The molecule has 0 aromatic heterocycles. The number of aryl methyl sites for hydroxylation is 1. The van der Waals surface area contributed by atoms with Crippen molar-refractivity contribution in [2.24, 2.45) is 5.92 Å². The van der Waals surface area contributed by atoms with Crippen LogP contribution in [0.2, 0.25) is 25.7 Å². The largest absolute Gasteiger partial charge is 0.406 e. The number of rotatable bonds is 8. The minimum absolute atomic E-state index is 0.00771. The van der Waals surface area contributed by atoms with Gasteiger partial charge in [-0.05, 0) is 81.5 Å². The summed E-state index contributed by atoms with van der Waals surface area (Å²) in [5, 5.41) is 12.7. The Hall–Kier alpha value is -1.95. The molecule has 2 aliphatic heterocycles. The van der Waals surface area contributed by atoms with E-state index in [1.54, 1.807) is 0 Å². The maximum absolute atomic E-state index is 14.2. The summed E-state index contributed by atoms with van der Waals surface area (Å²) < 4.78 is 47.8. The van der Waals surface area contributed by atoms with Crippen LogP contribution in [0.4, 0.5) is 18.0 Å². The van der Waals surface area contributed by atoms with Gasteiger partial charge in [0.05, 0.1) is 5.60 Å². The van der Waals surface area contributed by atoms with Gasteiger partial charge in [0, 0.05) is 32.7 Å². The Balaban J connectivity index is 1.39. The molecule has 42 heavy (non-hydrogen) atoms. The van der Waals surface area contributed by atoms with Crippen molar-refractivity contribution in [3.05, 3.63) is 34.9 Å². The zero-order valence-electron chi connectivity index (χ0n) is 25.2. The number of alkyl halides is 3. The summed E-state index contributed by atoms with van der Waals surface area (Å²) in [6.07, 6.45) is -0.985. The third-order valence-corrected chi connectivity index (χ3v) is 12.4. The van der Waals surface area contributed by atoms with Gasteiger partial charge in [-0.2, -0.15) is 13.2 Å². The zero-order valence-corrected chi connectivity index (χ0v) is 26.2. The molecule has 3 amide bonds. The number of piperidine rings is 1. The number of imide groups is 1. The van der Waals surface area contributed by atoms with Crippen LogP contribution in [-0.2, 0) is 21.4 Å². The number of likely N-dealkylation sites (tertiary alicyclic amines) is 1. The van der Waals surface area contributed by atoms with Crippen LogP contribution in [0.15, 0.2) is 18.2 Å². The lowest BCUT2D eigenvalue weighted by atomic mass is 9.46. The SMILES string of the molecule is Cc1ccc2c(c1)[C@]13CCN(CC4CC4)[C@H](C2)[C@]1(O)CC[C@]1(C3)C(=O)N(COCC[Si](C)(C)C)C(=O)N1CC(F)(F)F. The molecule has 7 nitrogen and oxygen atoms in total. The summed E-state index contributed by atoms with van der Waals surface area (Å²) in [5.74, 6) is -0.000760. The summed E-state index contributed by atoms with van der Waals surface area (Å²) in [4.78, 5) is 31.9. The van der Waals surface area contributed by atoms with Gasteiger partial charge in [0.1, 0.15) is 18.8 Å². The Morgan fingerprint density at radius 1 is 1.12 bits per heavy atom. The average Bonchev–Trinajstić information content (AvgIpc) is 3.69. The van der Waals surface area contributed by atoms with E-state index >= 15 is 0 Å². The Labute approximate surface area is 247 Å². The molecule has 2 bridgehead atoms. The summed E-state index contributed by atoms with van der Waals surface area (Å²) in [7, 11) is -1.45. The number of fused-ring (bicyclic) bond motifs is 1. The van der Waals surface area contributed by atoms with E-state index in [2.05, 4.69) is 36.7 Å². The van der Waals surface area contributed by atoms with Crippen molar-refractivity contribution in [3.8, 4) is 0 Å². The van der Waals surface area contributed by atoms with E-state index in [-0.39, 0.29) is 32.0 Å². The number of benzene rings is 1. The molecule has 4 fully saturated rings. The number of ether oxygens (including phenoxy) is 1. The molecular formula is C31H44F3N3O4Si. The first kappa shape index (κ1) is 30.1. The molecule has 2 saturated heterocycles. The highest BCUT2D eigenvalue weighted by Crippen LogP contribution is 2.62. The Kier molecular flexibility index (Phi) is 7.19. The highest BCUT2D eigenvalue weighted by Gasteiger charge is 2.72. The van der Waals surface area contributed by atoms with Crippen molar-refractivity contribution in [1.29, 1.82) is 0 Å². The lowest BCUT2D eigenvalue weighted by Gasteiger charge is -2.66. The fourth-order valence-electron chi connectivity index (χ4n) is 8.34. The summed E-state index contributed by atoms with van der Waals surface area (Å²) in [5.41, 5.74) is -0.822. The maximum Gasteiger partial charge on any atom is 0.406 e. The van der Waals surface area contributed by atoms with E-state index in [1.807, 2.05) is 13.0 Å². The second-order valence-electron chi connectivity index (χ2n) is 14.8. The van der Waals surface area contributed by atoms with E-state index in [0.29, 0.717) is 31.9 Å². The van der Waals surface area contributed by atoms with Gasteiger partial charge in [0.2, 0.25) is 0 Å². The third kappa shape index (κ3) is 4.92. The Morgan fingerprint density at radius 3 is 2.52 bits per heavy atom. The molecule has 11 heteroatoms. The zero-order chi connectivity index (χ0) is 30.3. The van der Waals surface area contributed by atoms with E-state index in [4.69, 9.17) is 4.74 Å². The standard InChI is InChI=1S/C31H44F3N3O4Si/c1-21-5-8-23-16-25-30(40)10-9-29(18-28(30,24(23)15-21)11-12-35(25)17-22-6-7-22)26(38)36(20-41-13-14-42(2,3)4)27(39)37(29)19-31(32,33)34/h5,8,15,22,25,40H,6-7,9-14,16-20H2,1-4H3/t25-,28-,29+,30-/m1/s1. The smallest absolute Gasteiger partial charge is 0.387 e. The van der Waals surface area contributed by atoms with Crippen molar-refractivity contribution >= 4 is 20.0 Å². The second kappa shape index (κ2) is 10.0. The average molecular weight is 608 g/mol. The van der Waals surface area contributed by atoms with Crippen LogP contribution >= 0.6 is 0 Å². The van der Waals surface area contributed by atoms with E-state index in [9.17, 15) is 27.9 Å². The van der Waals surface area contributed by atoms with Crippen LogP contribution in [0.3, 0.4) is 0 Å². The van der Waals surface area contributed by atoms with Crippen LogP contribution < -0.4 is 0 Å². The number of nitrogens with zero attached hydrogens (tertiary/aromatic N) is 3. The van der Waals surface area contributed by atoms with E-state index in [1.165, 1.54) is 12.8 Å². The topological polar surface area (TPSA) is 73.3 Å². The Bertz CT molecular complexity index is 1270. The fraction of sp³-hybridized carbons (Fsp3) is 0.742. The maximum atomic E-state index is 14.2. The van der Waals surface area contributed by atoms with Crippen molar-refractivity contribution < 1.29 is 32.6 Å². The van der Waals surface area contributed by atoms with E-state index < -0.39 is 49.3 Å². The molecule has 3 aliphatic carbocycles. The molecule has 1 N–H and O–H groups in total. The van der Waals surface area contributed by atoms with Gasteiger partial charge in [0.15, 0.2) is 0 Å². The van der Waals surface area contributed by atoms with Crippen LogP contribution in [-0.4, -0.2) is 96.1 Å². The van der Waals surface area contributed by atoms with Crippen LogP contribution in [0.25, 0.3) is 0 Å². The second-order valence-corrected chi connectivity index (χ2v) is 20.5. The van der Waals surface area contributed by atoms with Gasteiger partial charge in [-0.25, -0.2) is 9.69 Å². The Morgan fingerprint density at radius 2 is 1.86 bits per heavy atom. The first-order valence-electron chi connectivity index (χ1n) is 15.4. The van der Waals surface area contributed by atoms with Gasteiger partial charge in [-0.1, -0.05) is 43.4 Å². The minimum Gasteiger partial charge on any atom is -0.387 e. The molecule has 4 atom stereocenters. The fourth-order valence-corrected chi connectivity index (χ4v) is 9.09. The monoisotopic (exact) mass is 607 g/mol. The van der Waals surface area contributed by atoms with Crippen molar-refractivity contribution in [3.63, 3.8) is 0 Å². The van der Waals surface area contributed by atoms with Crippen molar-refractivity contribution in [2.75, 3.05) is 33.0 Å². The van der Waals surface area contributed by atoms with E-state index in [0.717, 1.165) is 39.1 Å². The lowest BCUT2D eigenvalue weighted by molar-refractivity contribution is -0.197. The molecule has 6 rings (SSSR count). The molecule has 0 unspecified atom stereocenters. The number of amides is 3. The van der Waals surface area contributed by atoms with Crippen LogP contribution in [0, 0.1) is 12.8 Å². The van der Waals surface area contributed by atoms with Crippen molar-refractivity contribution in [1.82, 2.24) is 14.7 Å². The number of carbonyl (C=O) groups is 2. The number of carbonyl (C=O) groups excluding carboxylic acids is 2. The van der Waals surface area contributed by atoms with Gasteiger partial charge in [0.25, 0.3) is 5.91 Å². The predicted molar refractivity (Wildman–Crippen MR) is 155 cm³/mol. The first-order chi connectivity index (χ1) is 19.6. The van der Waals surface area contributed by atoms with Gasteiger partial charge >= 0.3 is 12.2 Å². The van der Waals surface area contributed by atoms with Gasteiger partial charge in [-0.3, -0.25) is 9.69 Å². The molecule has 0 radical (unpaired) electrons. The normalized spacial score (nSPS) is 33.4. The van der Waals surface area contributed by atoms with Gasteiger partial charge < -0.3 is 14.7 Å². The summed E-state index contributed by atoms with van der Waals surface area (Å²) >= 11 is 0. The highest BCUT2D eigenvalue weighted by atomic mass is 28.3. The highest BCUT2D eigenvalue weighted by molar-refractivity contribution is 6.76. The molecule has 1 aromatic carbocycles. The number of halogens is 3. The number of hydrogen-bond donors (Lipinski definition) is 1. The predicted octanol–water partition coefficient (Wildman–Crippen LogP) is 5.07. The molecule has 1 aromatic rings. The molecule has 5 aliphatic rings. The number of hydrogen-bond acceptors (Lipinski definition) is 5. The summed E-state index contributed by atoms with van der Waals surface area (Å²) in [6, 6.07) is 5.86.